The summed E-state index contributed by atoms with van der Waals surface area (Å²) in [6.45, 7) is 5.48. The molecule has 0 saturated heterocycles. The molecule has 1 aromatic heterocycles. The molecule has 20 heavy (non-hydrogen) atoms. The molecule has 0 bridgehead atoms. The van der Waals surface area contributed by atoms with Crippen molar-refractivity contribution in [2.45, 2.75) is 33.2 Å². The van der Waals surface area contributed by atoms with Crippen LogP contribution in [0.4, 0.5) is 0 Å². The molecule has 0 atom stereocenters. The van der Waals surface area contributed by atoms with Crippen LogP contribution in [0.1, 0.15) is 30.2 Å². The fourth-order valence-corrected chi connectivity index (χ4v) is 3.04. The molecule has 0 aliphatic heterocycles. The van der Waals surface area contributed by atoms with Crippen molar-refractivity contribution in [3.8, 4) is 0 Å². The predicted molar refractivity (Wildman–Crippen MR) is 86.2 cm³/mol. The summed E-state index contributed by atoms with van der Waals surface area (Å²) in [7, 11) is 0. The van der Waals surface area contributed by atoms with Gasteiger partial charge in [-0.05, 0) is 30.5 Å². The topological polar surface area (TPSA) is 4.93 Å². The highest BCUT2D eigenvalue weighted by molar-refractivity contribution is 5.85. The highest BCUT2D eigenvalue weighted by Crippen LogP contribution is 2.27. The number of hydrogen-bond acceptors (Lipinski definition) is 0. The van der Waals surface area contributed by atoms with Crippen molar-refractivity contribution < 1.29 is 0 Å². The van der Waals surface area contributed by atoms with Crippen LogP contribution in [0.5, 0.6) is 0 Å². The Bertz CT molecular complexity index is 707. The average molecular weight is 263 g/mol. The minimum absolute atomic E-state index is 0.963. The van der Waals surface area contributed by atoms with Crippen molar-refractivity contribution in [1.82, 2.24) is 4.57 Å². The van der Waals surface area contributed by atoms with Gasteiger partial charge in [-0.2, -0.15) is 0 Å². The Labute approximate surface area is 120 Å². The standard InChI is InChI=1S/C19H21N/c1-3-9-18-15(2)17-12-7-8-13-19(17)20(18)14-16-10-5-4-6-11-16/h4-8,10-13H,3,9,14H2,1-2H3. The molecule has 2 aromatic carbocycles. The molecule has 0 aliphatic rings. The van der Waals surface area contributed by atoms with E-state index in [9.17, 15) is 0 Å². The Hall–Kier alpha value is -2.02. The van der Waals surface area contributed by atoms with E-state index in [0.29, 0.717) is 0 Å². The van der Waals surface area contributed by atoms with Crippen LogP contribution in [0.15, 0.2) is 54.6 Å². The van der Waals surface area contributed by atoms with E-state index < -0.39 is 0 Å². The van der Waals surface area contributed by atoms with E-state index in [1.165, 1.54) is 34.1 Å². The Morgan fingerprint density at radius 3 is 2.35 bits per heavy atom. The molecular weight excluding hydrogens is 242 g/mol. The summed E-state index contributed by atoms with van der Waals surface area (Å²) in [6.07, 6.45) is 2.33. The van der Waals surface area contributed by atoms with Crippen LogP contribution in [-0.2, 0) is 13.0 Å². The van der Waals surface area contributed by atoms with Gasteiger partial charge in [0.2, 0.25) is 0 Å². The summed E-state index contributed by atoms with van der Waals surface area (Å²) in [5.74, 6) is 0. The third-order valence-electron chi connectivity index (χ3n) is 4.03. The maximum atomic E-state index is 2.49. The van der Waals surface area contributed by atoms with Gasteiger partial charge in [0.05, 0.1) is 0 Å². The third kappa shape index (κ3) is 2.24. The number of aromatic nitrogens is 1. The number of nitrogens with zero attached hydrogens (tertiary/aromatic N) is 1. The number of benzene rings is 2. The summed E-state index contributed by atoms with van der Waals surface area (Å²) in [6, 6.07) is 19.5. The summed E-state index contributed by atoms with van der Waals surface area (Å²) < 4.78 is 2.49. The van der Waals surface area contributed by atoms with Gasteiger partial charge in [-0.3, -0.25) is 0 Å². The zero-order chi connectivity index (χ0) is 13.9. The summed E-state index contributed by atoms with van der Waals surface area (Å²) >= 11 is 0. The lowest BCUT2D eigenvalue weighted by Crippen LogP contribution is -2.05. The van der Waals surface area contributed by atoms with Gasteiger partial charge >= 0.3 is 0 Å². The van der Waals surface area contributed by atoms with Gasteiger partial charge in [0, 0.05) is 23.1 Å². The lowest BCUT2D eigenvalue weighted by atomic mass is 10.1. The van der Waals surface area contributed by atoms with Crippen LogP contribution in [0.25, 0.3) is 10.9 Å². The van der Waals surface area contributed by atoms with Crippen molar-refractivity contribution in [1.29, 1.82) is 0 Å². The second-order valence-corrected chi connectivity index (χ2v) is 5.41. The monoisotopic (exact) mass is 263 g/mol. The largest absolute Gasteiger partial charge is 0.340 e. The maximum Gasteiger partial charge on any atom is 0.0488 e. The first kappa shape index (κ1) is 13.0. The smallest absolute Gasteiger partial charge is 0.0488 e. The first-order valence-corrected chi connectivity index (χ1v) is 7.42. The van der Waals surface area contributed by atoms with E-state index in [4.69, 9.17) is 0 Å². The zero-order valence-corrected chi connectivity index (χ0v) is 12.3. The summed E-state index contributed by atoms with van der Waals surface area (Å²) in [4.78, 5) is 0. The quantitative estimate of drug-likeness (QED) is 0.627. The van der Waals surface area contributed by atoms with Gasteiger partial charge in [0.25, 0.3) is 0 Å². The lowest BCUT2D eigenvalue weighted by Gasteiger charge is -2.11. The molecule has 1 heterocycles. The third-order valence-corrected chi connectivity index (χ3v) is 4.03. The van der Waals surface area contributed by atoms with Crippen LogP contribution in [0.3, 0.4) is 0 Å². The van der Waals surface area contributed by atoms with Crippen LogP contribution in [-0.4, -0.2) is 4.57 Å². The van der Waals surface area contributed by atoms with E-state index >= 15 is 0 Å². The zero-order valence-electron chi connectivity index (χ0n) is 12.3. The van der Waals surface area contributed by atoms with Crippen molar-refractivity contribution in [2.24, 2.45) is 0 Å². The Balaban J connectivity index is 2.14. The molecule has 3 rings (SSSR count). The molecule has 0 saturated carbocycles. The molecule has 0 N–H and O–H groups in total. The van der Waals surface area contributed by atoms with Crippen LogP contribution in [0, 0.1) is 6.92 Å². The Morgan fingerprint density at radius 2 is 1.60 bits per heavy atom. The number of rotatable bonds is 4. The van der Waals surface area contributed by atoms with Gasteiger partial charge in [-0.25, -0.2) is 0 Å². The molecule has 0 aliphatic carbocycles. The van der Waals surface area contributed by atoms with E-state index in [0.717, 1.165) is 13.0 Å². The maximum absolute atomic E-state index is 2.49. The van der Waals surface area contributed by atoms with E-state index in [2.05, 4.69) is 73.0 Å². The highest BCUT2D eigenvalue weighted by atomic mass is 15.0. The molecule has 102 valence electrons. The number of hydrogen-bond donors (Lipinski definition) is 0. The van der Waals surface area contributed by atoms with Crippen LogP contribution >= 0.6 is 0 Å². The van der Waals surface area contributed by atoms with Crippen LogP contribution in [0.2, 0.25) is 0 Å². The van der Waals surface area contributed by atoms with Gasteiger partial charge in [0.15, 0.2) is 0 Å². The normalized spacial score (nSPS) is 11.1. The molecular formula is C19H21N. The molecule has 3 aromatic rings. The minimum Gasteiger partial charge on any atom is -0.340 e. The second-order valence-electron chi connectivity index (χ2n) is 5.41. The van der Waals surface area contributed by atoms with Gasteiger partial charge in [-0.15, -0.1) is 0 Å². The van der Waals surface area contributed by atoms with Crippen molar-refractivity contribution in [2.75, 3.05) is 0 Å². The van der Waals surface area contributed by atoms with Crippen molar-refractivity contribution in [3.05, 3.63) is 71.4 Å². The molecule has 0 amide bonds. The SMILES string of the molecule is CCCc1c(C)c2ccccc2n1Cc1ccccc1. The van der Waals surface area contributed by atoms with Gasteiger partial charge in [-0.1, -0.05) is 61.9 Å². The highest BCUT2D eigenvalue weighted by Gasteiger charge is 2.12. The number of fused-ring (bicyclic) bond motifs is 1. The lowest BCUT2D eigenvalue weighted by molar-refractivity contribution is 0.741. The second kappa shape index (κ2) is 5.54. The number of para-hydroxylation sites is 1. The summed E-state index contributed by atoms with van der Waals surface area (Å²) in [5, 5.41) is 1.40. The molecule has 0 radical (unpaired) electrons. The summed E-state index contributed by atoms with van der Waals surface area (Å²) in [5.41, 5.74) is 5.65. The fourth-order valence-electron chi connectivity index (χ4n) is 3.04. The predicted octanol–water partition coefficient (Wildman–Crippen LogP) is 4.95. The average Bonchev–Trinajstić information content (AvgIpc) is 2.75. The van der Waals surface area contributed by atoms with E-state index in [-0.39, 0.29) is 0 Å². The van der Waals surface area contributed by atoms with E-state index in [1.54, 1.807) is 0 Å². The first-order valence-electron chi connectivity index (χ1n) is 7.42. The van der Waals surface area contributed by atoms with Crippen LogP contribution < -0.4 is 0 Å². The molecule has 0 spiro atoms. The molecule has 0 unspecified atom stereocenters. The Kier molecular flexibility index (Phi) is 3.60. The Morgan fingerprint density at radius 1 is 0.900 bits per heavy atom. The van der Waals surface area contributed by atoms with Gasteiger partial charge in [0.1, 0.15) is 0 Å². The first-order chi connectivity index (χ1) is 9.81. The number of aryl methyl sites for hydroxylation is 1. The molecule has 0 fully saturated rings. The minimum atomic E-state index is 0.963. The van der Waals surface area contributed by atoms with Gasteiger partial charge < -0.3 is 4.57 Å². The van der Waals surface area contributed by atoms with Crippen molar-refractivity contribution >= 4 is 10.9 Å². The fraction of sp³-hybridized carbons (Fsp3) is 0.263. The van der Waals surface area contributed by atoms with Crippen molar-refractivity contribution in [3.63, 3.8) is 0 Å². The molecule has 1 nitrogen and oxygen atoms in total. The molecule has 1 heteroatoms. The van der Waals surface area contributed by atoms with E-state index in [1.807, 2.05) is 0 Å².